The molecule has 0 atom stereocenters. The number of benzene rings is 1. The van der Waals surface area contributed by atoms with Crippen LogP contribution in [0.4, 0.5) is 17.2 Å². The Labute approximate surface area is 155 Å². The van der Waals surface area contributed by atoms with Gasteiger partial charge in [0.25, 0.3) is 0 Å². The second kappa shape index (κ2) is 7.49. The number of nitrogens with zero attached hydrogens (tertiary/aromatic N) is 4. The van der Waals surface area contributed by atoms with Crippen molar-refractivity contribution in [3.63, 3.8) is 0 Å². The Morgan fingerprint density at radius 1 is 1.19 bits per heavy atom. The molecule has 2 aromatic heterocycles. The monoisotopic (exact) mass is 361 g/mol. The molecule has 0 spiro atoms. The Balaban J connectivity index is 1.79. The number of nitro groups is 1. The van der Waals surface area contributed by atoms with Crippen LogP contribution in [-0.4, -0.2) is 14.9 Å². The van der Waals surface area contributed by atoms with Crippen molar-refractivity contribution in [2.24, 2.45) is 0 Å². The first-order valence-electron chi connectivity index (χ1n) is 7.99. The summed E-state index contributed by atoms with van der Waals surface area (Å²) in [7, 11) is 0. The molecule has 0 unspecified atom stereocenters. The molecule has 1 aromatic carbocycles. The molecule has 0 radical (unpaired) electrons. The van der Waals surface area contributed by atoms with Crippen LogP contribution < -0.4 is 10.1 Å². The standard InChI is InChI=1S/C19H15N5O3/c1-12-8-14(10-20)9-13(2)18(12)27-17-6-5-15(11-22-17)23-19-16(24(25)26)4-3-7-21-19/h3-9,11H,1-2H3,(H,21,23). The van der Waals surface area contributed by atoms with Gasteiger partial charge in [-0.05, 0) is 49.2 Å². The molecule has 0 saturated carbocycles. The van der Waals surface area contributed by atoms with E-state index in [4.69, 9.17) is 10.00 Å². The molecule has 0 amide bonds. The van der Waals surface area contributed by atoms with E-state index in [1.54, 1.807) is 24.3 Å². The van der Waals surface area contributed by atoms with Gasteiger partial charge in [0.1, 0.15) is 5.75 Å². The van der Waals surface area contributed by atoms with E-state index in [0.29, 0.717) is 22.9 Å². The molecule has 0 bridgehead atoms. The summed E-state index contributed by atoms with van der Waals surface area (Å²) in [5.41, 5.74) is 2.65. The number of anilines is 2. The highest BCUT2D eigenvalue weighted by molar-refractivity contribution is 5.64. The molecule has 134 valence electrons. The van der Waals surface area contributed by atoms with Crippen LogP contribution in [0.3, 0.4) is 0 Å². The van der Waals surface area contributed by atoms with Crippen molar-refractivity contribution >= 4 is 17.2 Å². The second-order valence-corrected chi connectivity index (χ2v) is 5.79. The fourth-order valence-corrected chi connectivity index (χ4v) is 2.57. The van der Waals surface area contributed by atoms with Gasteiger partial charge in [-0.15, -0.1) is 0 Å². The summed E-state index contributed by atoms with van der Waals surface area (Å²) in [5, 5.41) is 22.9. The number of aryl methyl sites for hydroxylation is 2. The van der Waals surface area contributed by atoms with Gasteiger partial charge < -0.3 is 10.1 Å². The van der Waals surface area contributed by atoms with E-state index in [2.05, 4.69) is 21.4 Å². The number of aromatic nitrogens is 2. The number of nitriles is 1. The smallest absolute Gasteiger partial charge is 0.311 e. The van der Waals surface area contributed by atoms with Crippen LogP contribution in [0.2, 0.25) is 0 Å². The third-order valence-corrected chi connectivity index (χ3v) is 3.78. The highest BCUT2D eigenvalue weighted by atomic mass is 16.6. The molecule has 2 heterocycles. The van der Waals surface area contributed by atoms with Gasteiger partial charge in [0.15, 0.2) is 0 Å². The molecule has 0 aliphatic carbocycles. The van der Waals surface area contributed by atoms with E-state index in [-0.39, 0.29) is 11.5 Å². The van der Waals surface area contributed by atoms with Crippen LogP contribution in [0.1, 0.15) is 16.7 Å². The first kappa shape index (κ1) is 17.8. The van der Waals surface area contributed by atoms with Gasteiger partial charge in [0.2, 0.25) is 11.7 Å². The minimum absolute atomic E-state index is 0.123. The summed E-state index contributed by atoms with van der Waals surface area (Å²) in [6, 6.07) is 11.8. The van der Waals surface area contributed by atoms with Gasteiger partial charge in [-0.25, -0.2) is 9.97 Å². The quantitative estimate of drug-likeness (QED) is 0.529. The lowest BCUT2D eigenvalue weighted by atomic mass is 10.1. The Kier molecular flexibility index (Phi) is 4.95. The highest BCUT2D eigenvalue weighted by Gasteiger charge is 2.14. The molecule has 0 saturated heterocycles. The van der Waals surface area contributed by atoms with Gasteiger partial charge in [-0.2, -0.15) is 5.26 Å². The van der Waals surface area contributed by atoms with Crippen molar-refractivity contribution < 1.29 is 9.66 Å². The number of hydrogen-bond donors (Lipinski definition) is 1. The largest absolute Gasteiger partial charge is 0.438 e. The first-order chi connectivity index (χ1) is 13.0. The second-order valence-electron chi connectivity index (χ2n) is 5.79. The van der Waals surface area contributed by atoms with Gasteiger partial charge in [-0.3, -0.25) is 10.1 Å². The maximum atomic E-state index is 11.0. The Bertz CT molecular complexity index is 1020. The summed E-state index contributed by atoms with van der Waals surface area (Å²) in [4.78, 5) is 18.8. The predicted octanol–water partition coefficient (Wildman–Crippen LogP) is 4.41. The van der Waals surface area contributed by atoms with Crippen LogP contribution in [-0.2, 0) is 0 Å². The van der Waals surface area contributed by atoms with Gasteiger partial charge in [-0.1, -0.05) is 0 Å². The molecule has 0 fully saturated rings. The third kappa shape index (κ3) is 3.99. The van der Waals surface area contributed by atoms with Crippen LogP contribution in [0.5, 0.6) is 11.6 Å². The summed E-state index contributed by atoms with van der Waals surface area (Å²) in [5.74, 6) is 1.14. The van der Waals surface area contributed by atoms with E-state index < -0.39 is 4.92 Å². The van der Waals surface area contributed by atoms with Crippen molar-refractivity contribution in [2.45, 2.75) is 13.8 Å². The Morgan fingerprint density at radius 2 is 1.93 bits per heavy atom. The van der Waals surface area contributed by atoms with E-state index >= 15 is 0 Å². The van der Waals surface area contributed by atoms with E-state index in [1.807, 2.05) is 13.8 Å². The molecule has 3 aromatic rings. The van der Waals surface area contributed by atoms with E-state index in [0.717, 1.165) is 11.1 Å². The molecular weight excluding hydrogens is 346 g/mol. The number of hydrogen-bond acceptors (Lipinski definition) is 7. The van der Waals surface area contributed by atoms with Crippen LogP contribution in [0.15, 0.2) is 48.8 Å². The molecule has 1 N–H and O–H groups in total. The molecule has 27 heavy (non-hydrogen) atoms. The molecule has 0 aliphatic heterocycles. The van der Waals surface area contributed by atoms with E-state index in [1.165, 1.54) is 24.5 Å². The molecule has 0 aliphatic rings. The molecule has 3 rings (SSSR count). The Hall–Kier alpha value is -3.99. The zero-order chi connectivity index (χ0) is 19.4. The first-order valence-corrected chi connectivity index (χ1v) is 7.99. The summed E-state index contributed by atoms with van der Waals surface area (Å²) in [6.07, 6.45) is 2.97. The minimum Gasteiger partial charge on any atom is -0.438 e. The number of pyridine rings is 2. The van der Waals surface area contributed by atoms with Crippen molar-refractivity contribution in [2.75, 3.05) is 5.32 Å². The van der Waals surface area contributed by atoms with Gasteiger partial charge >= 0.3 is 5.69 Å². The predicted molar refractivity (Wildman–Crippen MR) is 99.1 cm³/mol. The van der Waals surface area contributed by atoms with Gasteiger partial charge in [0, 0.05) is 18.3 Å². The van der Waals surface area contributed by atoms with Crippen molar-refractivity contribution in [3.8, 4) is 17.7 Å². The fraction of sp³-hybridized carbons (Fsp3) is 0.105. The van der Waals surface area contributed by atoms with Gasteiger partial charge in [0.05, 0.1) is 28.4 Å². The maximum absolute atomic E-state index is 11.0. The van der Waals surface area contributed by atoms with Crippen LogP contribution in [0, 0.1) is 35.3 Å². The number of nitrogens with one attached hydrogen (secondary N) is 1. The van der Waals surface area contributed by atoms with Crippen molar-refractivity contribution in [1.29, 1.82) is 5.26 Å². The lowest BCUT2D eigenvalue weighted by Gasteiger charge is -2.12. The SMILES string of the molecule is Cc1cc(C#N)cc(C)c1Oc1ccc(Nc2ncccc2[N+](=O)[O-])cn1. The molecule has 8 heteroatoms. The van der Waals surface area contributed by atoms with E-state index in [9.17, 15) is 10.1 Å². The maximum Gasteiger partial charge on any atom is 0.311 e. The Morgan fingerprint density at radius 3 is 2.52 bits per heavy atom. The van der Waals surface area contributed by atoms with Crippen LogP contribution >= 0.6 is 0 Å². The average Bonchev–Trinajstić information content (AvgIpc) is 2.66. The highest BCUT2D eigenvalue weighted by Crippen LogP contribution is 2.30. The lowest BCUT2D eigenvalue weighted by molar-refractivity contribution is -0.384. The average molecular weight is 361 g/mol. The fourth-order valence-electron chi connectivity index (χ4n) is 2.57. The minimum atomic E-state index is -0.503. The lowest BCUT2D eigenvalue weighted by Crippen LogP contribution is -2.00. The zero-order valence-electron chi connectivity index (χ0n) is 14.6. The summed E-state index contributed by atoms with van der Waals surface area (Å²) < 4.78 is 5.83. The molecular formula is C19H15N5O3. The third-order valence-electron chi connectivity index (χ3n) is 3.78. The molecule has 8 nitrogen and oxygen atoms in total. The van der Waals surface area contributed by atoms with Crippen LogP contribution in [0.25, 0.3) is 0 Å². The normalized spacial score (nSPS) is 10.1. The summed E-state index contributed by atoms with van der Waals surface area (Å²) in [6.45, 7) is 3.72. The van der Waals surface area contributed by atoms with Crippen molar-refractivity contribution in [3.05, 3.63) is 75.6 Å². The van der Waals surface area contributed by atoms with Crippen molar-refractivity contribution in [1.82, 2.24) is 9.97 Å². The number of rotatable bonds is 5. The summed E-state index contributed by atoms with van der Waals surface area (Å²) >= 11 is 0. The number of ether oxygens (including phenoxy) is 1. The zero-order valence-corrected chi connectivity index (χ0v) is 14.6. The topological polar surface area (TPSA) is 114 Å².